The third-order valence-corrected chi connectivity index (χ3v) is 6.56. The predicted molar refractivity (Wildman–Crippen MR) is 119 cm³/mol. The van der Waals surface area contributed by atoms with Crippen molar-refractivity contribution in [2.45, 2.75) is 51.0 Å². The molecule has 0 aliphatic carbocycles. The maximum absolute atomic E-state index is 14.2. The van der Waals surface area contributed by atoms with Gasteiger partial charge in [0.05, 0.1) is 23.8 Å². The summed E-state index contributed by atoms with van der Waals surface area (Å²) in [6.45, 7) is 5.88. The van der Waals surface area contributed by atoms with E-state index >= 15 is 0 Å². The zero-order chi connectivity index (χ0) is 23.5. The summed E-state index contributed by atoms with van der Waals surface area (Å²) in [5.74, 6) is -2.90. The van der Waals surface area contributed by atoms with E-state index in [4.69, 9.17) is 9.72 Å². The molecule has 1 aliphatic rings. The molecule has 2 atom stereocenters. The van der Waals surface area contributed by atoms with Crippen LogP contribution >= 0.6 is 0 Å². The van der Waals surface area contributed by atoms with Crippen molar-refractivity contribution >= 4 is 28.0 Å². The lowest BCUT2D eigenvalue weighted by molar-refractivity contribution is -0.170. The molecule has 0 saturated carbocycles. The van der Waals surface area contributed by atoms with Gasteiger partial charge in [-0.3, -0.25) is 5.10 Å². The van der Waals surface area contributed by atoms with E-state index in [0.717, 1.165) is 28.2 Å². The monoisotopic (exact) mass is 454 g/mol. The molecule has 33 heavy (non-hydrogen) atoms. The maximum atomic E-state index is 14.2. The number of rotatable bonds is 4. The Bertz CT molecular complexity index is 1380. The van der Waals surface area contributed by atoms with Crippen LogP contribution in [0.4, 0.5) is 8.78 Å². The molecule has 3 aromatic heterocycles. The number of pyridine rings is 1. The minimum atomic E-state index is -1.23. The number of H-pyrrole nitrogens is 1. The number of aromatic nitrogens is 4. The van der Waals surface area contributed by atoms with Gasteiger partial charge in [-0.05, 0) is 43.9 Å². The van der Waals surface area contributed by atoms with Gasteiger partial charge in [0.25, 0.3) is 0 Å². The highest BCUT2D eigenvalue weighted by atomic mass is 19.2. The summed E-state index contributed by atoms with van der Waals surface area (Å²) in [6, 6.07) is 5.78. The third kappa shape index (κ3) is 3.38. The van der Waals surface area contributed by atoms with Crippen LogP contribution in [0.2, 0.25) is 0 Å². The Morgan fingerprint density at radius 2 is 2.09 bits per heavy atom. The number of fused-ring (bicyclic) bond motifs is 2. The largest absolute Gasteiger partial charge is 0.479 e. The average Bonchev–Trinajstić information content (AvgIpc) is 3.36. The van der Waals surface area contributed by atoms with E-state index in [1.165, 1.54) is 6.07 Å². The summed E-state index contributed by atoms with van der Waals surface area (Å²) >= 11 is 0. The highest BCUT2D eigenvalue weighted by Crippen LogP contribution is 2.43. The van der Waals surface area contributed by atoms with Crippen molar-refractivity contribution in [3.63, 3.8) is 0 Å². The molecule has 5 rings (SSSR count). The molecule has 2 N–H and O–H groups in total. The number of nitrogens with one attached hydrogen (secondary N) is 1. The summed E-state index contributed by atoms with van der Waals surface area (Å²) in [6.07, 6.45) is 2.62. The van der Waals surface area contributed by atoms with E-state index in [-0.39, 0.29) is 18.4 Å². The van der Waals surface area contributed by atoms with Gasteiger partial charge < -0.3 is 14.4 Å². The number of carboxylic acids is 1. The number of benzene rings is 1. The second-order valence-electron chi connectivity index (χ2n) is 9.13. The SMILES string of the molecule is CC(C)c1c([C@H]2CC[C@](C)(C(=O)O)OC2)c2nc3[nH]ncc3cc2n1-c1ccc(F)c(F)c1. The highest BCUT2D eigenvalue weighted by Gasteiger charge is 2.41. The molecule has 172 valence electrons. The van der Waals surface area contributed by atoms with E-state index in [1.807, 2.05) is 24.5 Å². The van der Waals surface area contributed by atoms with E-state index in [1.54, 1.807) is 19.2 Å². The van der Waals surface area contributed by atoms with Crippen molar-refractivity contribution in [1.82, 2.24) is 19.7 Å². The molecule has 0 spiro atoms. The molecular formula is C24H24F2N4O3. The van der Waals surface area contributed by atoms with E-state index in [2.05, 4.69) is 10.2 Å². The number of carboxylic acid groups (broad SMARTS) is 1. The van der Waals surface area contributed by atoms with E-state index < -0.39 is 23.2 Å². The molecule has 1 saturated heterocycles. The fourth-order valence-electron chi connectivity index (χ4n) is 4.77. The molecule has 1 aromatic carbocycles. The van der Waals surface area contributed by atoms with Gasteiger partial charge >= 0.3 is 5.97 Å². The molecule has 4 heterocycles. The maximum Gasteiger partial charge on any atom is 0.335 e. The van der Waals surface area contributed by atoms with Crippen LogP contribution in [-0.2, 0) is 9.53 Å². The number of aromatic amines is 1. The van der Waals surface area contributed by atoms with Crippen LogP contribution in [0, 0.1) is 11.6 Å². The van der Waals surface area contributed by atoms with Crippen LogP contribution in [0.15, 0.2) is 30.5 Å². The molecule has 0 bridgehead atoms. The van der Waals surface area contributed by atoms with Crippen LogP contribution in [-0.4, -0.2) is 43.0 Å². The van der Waals surface area contributed by atoms with E-state index in [0.29, 0.717) is 29.7 Å². The molecule has 0 unspecified atom stereocenters. The summed E-state index contributed by atoms with van der Waals surface area (Å²) in [5, 5.41) is 17.3. The van der Waals surface area contributed by atoms with Gasteiger partial charge in [-0.2, -0.15) is 5.10 Å². The number of ether oxygens (including phenoxy) is 1. The molecule has 0 amide bonds. The van der Waals surface area contributed by atoms with Crippen molar-refractivity contribution in [2.75, 3.05) is 6.61 Å². The van der Waals surface area contributed by atoms with Crippen LogP contribution in [0.25, 0.3) is 27.8 Å². The van der Waals surface area contributed by atoms with Crippen molar-refractivity contribution in [2.24, 2.45) is 0 Å². The van der Waals surface area contributed by atoms with Crippen molar-refractivity contribution < 1.29 is 23.4 Å². The number of aliphatic carboxylic acids is 1. The van der Waals surface area contributed by atoms with Gasteiger partial charge in [-0.25, -0.2) is 18.6 Å². The standard InChI is InChI=1S/C24H24F2N4O3/c1-12(2)21-19(13-6-7-24(3,23(31)32)33-11-13)20-18(8-14-10-27-29-22(14)28-20)30(21)15-4-5-16(25)17(26)9-15/h4-5,8-10,12-13H,6-7,11H2,1-3H3,(H,31,32)(H,27,28,29)/t13-,24+/m0/s1. The van der Waals surface area contributed by atoms with Crippen molar-refractivity contribution in [1.29, 1.82) is 0 Å². The van der Waals surface area contributed by atoms with Gasteiger partial charge in [-0.15, -0.1) is 0 Å². The van der Waals surface area contributed by atoms with Crippen LogP contribution < -0.4 is 0 Å². The first-order valence-corrected chi connectivity index (χ1v) is 10.9. The zero-order valence-electron chi connectivity index (χ0n) is 18.5. The van der Waals surface area contributed by atoms with Crippen molar-refractivity contribution in [3.8, 4) is 5.69 Å². The van der Waals surface area contributed by atoms with Crippen LogP contribution in [0.1, 0.15) is 56.7 Å². The Hall–Kier alpha value is -3.33. The first-order chi connectivity index (χ1) is 15.7. The topological polar surface area (TPSA) is 93.0 Å². The molecular weight excluding hydrogens is 430 g/mol. The van der Waals surface area contributed by atoms with Gasteiger partial charge in [0.2, 0.25) is 0 Å². The molecule has 7 nitrogen and oxygen atoms in total. The lowest BCUT2D eigenvalue weighted by Crippen LogP contribution is -2.43. The molecule has 1 fully saturated rings. The van der Waals surface area contributed by atoms with Crippen LogP contribution in [0.5, 0.6) is 0 Å². The zero-order valence-corrected chi connectivity index (χ0v) is 18.5. The molecule has 1 aliphatic heterocycles. The quantitative estimate of drug-likeness (QED) is 0.451. The Balaban J connectivity index is 1.77. The second-order valence-corrected chi connectivity index (χ2v) is 9.13. The normalized spacial score (nSPS) is 21.3. The van der Waals surface area contributed by atoms with Crippen LogP contribution in [0.3, 0.4) is 0 Å². The van der Waals surface area contributed by atoms with Crippen molar-refractivity contribution in [3.05, 3.63) is 53.4 Å². The molecule has 0 radical (unpaired) electrons. The number of halogens is 2. The van der Waals surface area contributed by atoms with Gasteiger partial charge in [0.15, 0.2) is 22.9 Å². The summed E-state index contributed by atoms with van der Waals surface area (Å²) in [4.78, 5) is 16.5. The smallest absolute Gasteiger partial charge is 0.335 e. The fourth-order valence-corrected chi connectivity index (χ4v) is 4.77. The predicted octanol–water partition coefficient (Wildman–Crippen LogP) is 5.04. The lowest BCUT2D eigenvalue weighted by Gasteiger charge is -2.35. The third-order valence-electron chi connectivity index (χ3n) is 6.56. The number of hydrogen-bond acceptors (Lipinski definition) is 4. The minimum absolute atomic E-state index is 0.0200. The number of hydrogen-bond donors (Lipinski definition) is 2. The van der Waals surface area contributed by atoms with Gasteiger partial charge in [-0.1, -0.05) is 13.8 Å². The first-order valence-electron chi connectivity index (χ1n) is 10.9. The highest BCUT2D eigenvalue weighted by molar-refractivity contribution is 5.93. The number of nitrogens with zero attached hydrogens (tertiary/aromatic N) is 3. The van der Waals surface area contributed by atoms with E-state index in [9.17, 15) is 18.7 Å². The molecule has 4 aromatic rings. The summed E-state index contributed by atoms with van der Waals surface area (Å²) in [5.41, 5.74) is 3.20. The summed E-state index contributed by atoms with van der Waals surface area (Å²) in [7, 11) is 0. The average molecular weight is 454 g/mol. The fraction of sp³-hybridized carbons (Fsp3) is 0.375. The van der Waals surface area contributed by atoms with Gasteiger partial charge in [0.1, 0.15) is 0 Å². The first kappa shape index (κ1) is 21.5. The second kappa shape index (κ2) is 7.62. The molecule has 9 heteroatoms. The lowest BCUT2D eigenvalue weighted by atomic mass is 9.84. The Morgan fingerprint density at radius 1 is 1.30 bits per heavy atom. The minimum Gasteiger partial charge on any atom is -0.479 e. The number of carbonyl (C=O) groups is 1. The Morgan fingerprint density at radius 3 is 2.73 bits per heavy atom. The Labute approximate surface area is 188 Å². The Kier molecular flexibility index (Phi) is 4.97. The summed E-state index contributed by atoms with van der Waals surface area (Å²) < 4.78 is 35.7. The van der Waals surface area contributed by atoms with Gasteiger partial charge in [0, 0.05) is 34.3 Å².